The summed E-state index contributed by atoms with van der Waals surface area (Å²) in [6.45, 7) is 0. The van der Waals surface area contributed by atoms with Crippen LogP contribution >= 0.6 is 0 Å². The summed E-state index contributed by atoms with van der Waals surface area (Å²) in [6, 6.07) is 5.53. The van der Waals surface area contributed by atoms with Gasteiger partial charge in [-0.3, -0.25) is 4.79 Å². The van der Waals surface area contributed by atoms with E-state index in [4.69, 9.17) is 9.47 Å². The number of Topliss-reactive ketones (excluding diaryl/α,β-unsaturated/α-hetero) is 1. The van der Waals surface area contributed by atoms with Crippen LogP contribution in [-0.4, -0.2) is 29.0 Å². The van der Waals surface area contributed by atoms with Gasteiger partial charge in [-0.05, 0) is 18.2 Å². The third-order valence-electron chi connectivity index (χ3n) is 2.97. The van der Waals surface area contributed by atoms with Gasteiger partial charge in [0.1, 0.15) is 11.5 Å². The Kier molecular flexibility index (Phi) is 2.51. The second kappa shape index (κ2) is 4.18. The molecule has 0 spiro atoms. The van der Waals surface area contributed by atoms with Gasteiger partial charge in [0.2, 0.25) is 5.78 Å². The summed E-state index contributed by atoms with van der Waals surface area (Å²) in [4.78, 5) is 18.8. The molecule has 0 bridgehead atoms. The van der Waals surface area contributed by atoms with Gasteiger partial charge in [-0.25, -0.2) is 4.98 Å². The summed E-state index contributed by atoms with van der Waals surface area (Å²) in [6.07, 6.45) is 3.22. The molecule has 2 heterocycles. The van der Waals surface area contributed by atoms with Gasteiger partial charge in [0.25, 0.3) is 0 Å². The minimum Gasteiger partial charge on any atom is -0.497 e. The number of carbonyl (C=O) groups excluding carboxylic acids is 1. The largest absolute Gasteiger partial charge is 0.497 e. The summed E-state index contributed by atoms with van der Waals surface area (Å²) >= 11 is 0. The van der Waals surface area contributed by atoms with Crippen LogP contribution < -0.4 is 9.47 Å². The fraction of sp³-hybridized carbons (Fsp3) is 0.231. The van der Waals surface area contributed by atoms with Gasteiger partial charge in [-0.1, -0.05) is 0 Å². The van der Waals surface area contributed by atoms with Crippen molar-refractivity contribution in [2.75, 3.05) is 7.11 Å². The van der Waals surface area contributed by atoms with E-state index in [1.54, 1.807) is 19.5 Å². The average Bonchev–Trinajstić information content (AvgIpc) is 3.05. The highest BCUT2D eigenvalue weighted by atomic mass is 16.5. The molecule has 0 fully saturated rings. The first-order valence-corrected chi connectivity index (χ1v) is 5.65. The number of nitrogens with zero attached hydrogens (tertiary/aromatic N) is 1. The monoisotopic (exact) mass is 244 g/mol. The number of hydrogen-bond donors (Lipinski definition) is 1. The number of nitrogens with one attached hydrogen (secondary N) is 1. The third-order valence-corrected chi connectivity index (χ3v) is 2.97. The molecule has 18 heavy (non-hydrogen) atoms. The molecule has 1 N–H and O–H groups in total. The van der Waals surface area contributed by atoms with Crippen LogP contribution in [-0.2, 0) is 6.42 Å². The smallest absolute Gasteiger partial charge is 0.238 e. The van der Waals surface area contributed by atoms with Crippen molar-refractivity contribution in [3.63, 3.8) is 0 Å². The maximum absolute atomic E-state index is 12.1. The second-order valence-corrected chi connectivity index (χ2v) is 4.09. The summed E-state index contributed by atoms with van der Waals surface area (Å²) in [5.74, 6) is 1.71. The van der Waals surface area contributed by atoms with Crippen molar-refractivity contribution in [1.82, 2.24) is 9.97 Å². The van der Waals surface area contributed by atoms with Crippen LogP contribution in [0.1, 0.15) is 16.2 Å². The van der Waals surface area contributed by atoms with Gasteiger partial charge in [0, 0.05) is 24.4 Å². The van der Waals surface area contributed by atoms with E-state index in [9.17, 15) is 4.79 Å². The van der Waals surface area contributed by atoms with Crippen molar-refractivity contribution in [1.29, 1.82) is 0 Å². The van der Waals surface area contributed by atoms with Crippen molar-refractivity contribution in [2.24, 2.45) is 0 Å². The second-order valence-electron chi connectivity index (χ2n) is 4.09. The van der Waals surface area contributed by atoms with Gasteiger partial charge in [-0.2, -0.15) is 0 Å². The highest BCUT2D eigenvalue weighted by molar-refractivity contribution is 5.97. The number of aromatic nitrogens is 2. The van der Waals surface area contributed by atoms with Gasteiger partial charge >= 0.3 is 0 Å². The number of methoxy groups -OCH3 is 1. The van der Waals surface area contributed by atoms with Crippen LogP contribution in [0.2, 0.25) is 0 Å². The lowest BCUT2D eigenvalue weighted by atomic mass is 10.1. The summed E-state index contributed by atoms with van der Waals surface area (Å²) < 4.78 is 10.8. The third kappa shape index (κ3) is 1.73. The standard InChI is InChI=1S/C13H12N2O3/c1-17-9-2-3-10-8(6-9)7-11(18-10)12(16)13-14-4-5-15-13/h2-6,11H,7H2,1H3,(H,14,15)/t11-/m1/s1. The number of fused-ring (bicyclic) bond motifs is 1. The molecule has 92 valence electrons. The van der Waals surface area contributed by atoms with E-state index in [0.717, 1.165) is 17.1 Å². The van der Waals surface area contributed by atoms with Gasteiger partial charge in [0.15, 0.2) is 11.9 Å². The SMILES string of the molecule is COc1ccc2c(c1)C[C@H](C(=O)c1ncc[nH]1)O2. The Labute approximate surface area is 104 Å². The van der Waals surface area contributed by atoms with Crippen molar-refractivity contribution < 1.29 is 14.3 Å². The van der Waals surface area contributed by atoms with Crippen molar-refractivity contribution in [2.45, 2.75) is 12.5 Å². The lowest BCUT2D eigenvalue weighted by Gasteiger charge is -2.06. The molecule has 1 aliphatic heterocycles. The lowest BCUT2D eigenvalue weighted by Crippen LogP contribution is -2.26. The topological polar surface area (TPSA) is 64.2 Å². The van der Waals surface area contributed by atoms with Crippen molar-refractivity contribution in [3.05, 3.63) is 42.0 Å². The Morgan fingerprint density at radius 3 is 3.17 bits per heavy atom. The van der Waals surface area contributed by atoms with E-state index < -0.39 is 6.10 Å². The molecule has 2 aromatic rings. The number of ketones is 1. The number of aromatic amines is 1. The van der Waals surface area contributed by atoms with Gasteiger partial charge < -0.3 is 14.5 Å². The van der Waals surface area contributed by atoms with Crippen LogP contribution in [0.25, 0.3) is 0 Å². The summed E-state index contributed by atoms with van der Waals surface area (Å²) in [5.41, 5.74) is 0.985. The van der Waals surface area contributed by atoms with E-state index in [-0.39, 0.29) is 5.78 Å². The molecule has 3 rings (SSSR count). The number of hydrogen-bond acceptors (Lipinski definition) is 4. The minimum atomic E-state index is -0.502. The molecule has 0 saturated carbocycles. The van der Waals surface area contributed by atoms with Gasteiger partial charge in [-0.15, -0.1) is 0 Å². The van der Waals surface area contributed by atoms with Crippen LogP contribution in [0.4, 0.5) is 0 Å². The average molecular weight is 244 g/mol. The molecule has 0 unspecified atom stereocenters. The number of imidazole rings is 1. The molecule has 0 amide bonds. The Balaban J connectivity index is 1.82. The molecule has 5 nitrogen and oxygen atoms in total. The number of ether oxygens (including phenoxy) is 2. The number of carbonyl (C=O) groups is 1. The van der Waals surface area contributed by atoms with E-state index in [0.29, 0.717) is 12.2 Å². The molecule has 1 aliphatic rings. The van der Waals surface area contributed by atoms with Crippen LogP contribution in [0.5, 0.6) is 11.5 Å². The fourth-order valence-electron chi connectivity index (χ4n) is 2.05. The number of benzene rings is 1. The van der Waals surface area contributed by atoms with E-state index in [2.05, 4.69) is 9.97 Å². The van der Waals surface area contributed by atoms with Crippen LogP contribution in [0.15, 0.2) is 30.6 Å². The number of H-pyrrole nitrogens is 1. The Morgan fingerprint density at radius 1 is 1.56 bits per heavy atom. The number of rotatable bonds is 3. The molecule has 5 heteroatoms. The van der Waals surface area contributed by atoms with Gasteiger partial charge in [0.05, 0.1) is 7.11 Å². The van der Waals surface area contributed by atoms with E-state index in [1.165, 1.54) is 0 Å². The molecule has 0 aliphatic carbocycles. The lowest BCUT2D eigenvalue weighted by molar-refractivity contribution is 0.0814. The molecular weight excluding hydrogens is 232 g/mol. The highest BCUT2D eigenvalue weighted by Crippen LogP contribution is 2.32. The van der Waals surface area contributed by atoms with Crippen LogP contribution in [0, 0.1) is 0 Å². The first-order chi connectivity index (χ1) is 8.78. The predicted molar refractivity (Wildman–Crippen MR) is 64.0 cm³/mol. The molecule has 1 aromatic heterocycles. The Morgan fingerprint density at radius 2 is 2.44 bits per heavy atom. The maximum atomic E-state index is 12.1. The first-order valence-electron chi connectivity index (χ1n) is 5.65. The quantitative estimate of drug-likeness (QED) is 0.833. The highest BCUT2D eigenvalue weighted by Gasteiger charge is 2.31. The fourth-order valence-corrected chi connectivity index (χ4v) is 2.05. The normalized spacial score (nSPS) is 17.1. The zero-order valence-electron chi connectivity index (χ0n) is 9.84. The molecule has 1 aromatic carbocycles. The van der Waals surface area contributed by atoms with Crippen molar-refractivity contribution in [3.8, 4) is 11.5 Å². The molecule has 0 saturated heterocycles. The Bertz CT molecular complexity index is 578. The molecular formula is C13H12N2O3. The first kappa shape index (κ1) is 10.8. The maximum Gasteiger partial charge on any atom is 0.238 e. The van der Waals surface area contributed by atoms with Crippen molar-refractivity contribution >= 4 is 5.78 Å². The Hall–Kier alpha value is -2.30. The summed E-state index contributed by atoms with van der Waals surface area (Å²) in [7, 11) is 1.61. The molecule has 0 radical (unpaired) electrons. The zero-order chi connectivity index (χ0) is 12.5. The predicted octanol–water partition coefficient (Wildman–Crippen LogP) is 1.60. The van der Waals surface area contributed by atoms with E-state index in [1.807, 2.05) is 18.2 Å². The molecule has 1 atom stereocenters. The summed E-state index contributed by atoms with van der Waals surface area (Å²) in [5, 5.41) is 0. The zero-order valence-corrected chi connectivity index (χ0v) is 9.84. The minimum absolute atomic E-state index is 0.129. The van der Waals surface area contributed by atoms with Crippen LogP contribution in [0.3, 0.4) is 0 Å². The van der Waals surface area contributed by atoms with E-state index >= 15 is 0 Å².